The first-order chi connectivity index (χ1) is 13.9. The highest BCUT2D eigenvalue weighted by atomic mass is 16.2. The van der Waals surface area contributed by atoms with Crippen molar-refractivity contribution in [3.8, 4) is 0 Å². The third-order valence-electron chi connectivity index (χ3n) is 4.57. The number of aromatic amines is 1. The lowest BCUT2D eigenvalue weighted by Gasteiger charge is -2.20. The average molecular weight is 392 g/mol. The topological polar surface area (TPSA) is 94.3 Å². The number of nitrogens with one attached hydrogen (secondary N) is 3. The first-order valence-corrected chi connectivity index (χ1v) is 9.40. The number of fused-ring (bicyclic) bond motifs is 1. The number of carbonyl (C=O) groups is 3. The lowest BCUT2D eigenvalue weighted by molar-refractivity contribution is -0.132. The Bertz CT molecular complexity index is 1040. The van der Waals surface area contributed by atoms with Crippen LogP contribution in [0, 0.1) is 0 Å². The van der Waals surface area contributed by atoms with E-state index in [2.05, 4.69) is 15.6 Å². The molecule has 0 atom stereocenters. The van der Waals surface area contributed by atoms with Gasteiger partial charge >= 0.3 is 0 Å². The number of rotatable bonds is 7. The number of hydrogen-bond donors (Lipinski definition) is 3. The Morgan fingerprint density at radius 2 is 1.69 bits per heavy atom. The number of anilines is 2. The molecule has 1 aromatic heterocycles. The fourth-order valence-corrected chi connectivity index (χ4v) is 3.19. The number of para-hydroxylation sites is 1. The summed E-state index contributed by atoms with van der Waals surface area (Å²) in [5, 5.41) is 6.56. The van der Waals surface area contributed by atoms with Gasteiger partial charge in [0.05, 0.1) is 6.54 Å². The van der Waals surface area contributed by atoms with Crippen LogP contribution in [-0.4, -0.2) is 40.7 Å². The van der Waals surface area contributed by atoms with Crippen LogP contribution >= 0.6 is 0 Å². The second-order valence-corrected chi connectivity index (χ2v) is 6.86. The van der Waals surface area contributed by atoms with Crippen LogP contribution in [0.1, 0.15) is 19.4 Å². The molecule has 7 heteroatoms. The van der Waals surface area contributed by atoms with Crippen molar-refractivity contribution in [3.63, 3.8) is 0 Å². The summed E-state index contributed by atoms with van der Waals surface area (Å²) in [6.07, 6.45) is 2.59. The summed E-state index contributed by atoms with van der Waals surface area (Å²) in [4.78, 5) is 40.4. The van der Waals surface area contributed by atoms with Gasteiger partial charge in [0, 0.05) is 48.9 Å². The van der Waals surface area contributed by atoms with Gasteiger partial charge in [-0.25, -0.2) is 0 Å². The number of nitrogens with zero attached hydrogens (tertiary/aromatic N) is 1. The molecular weight excluding hydrogens is 368 g/mol. The molecule has 0 fully saturated rings. The van der Waals surface area contributed by atoms with Crippen molar-refractivity contribution in [1.29, 1.82) is 0 Å². The number of H-pyrrole nitrogens is 1. The Balaban J connectivity index is 1.60. The molecule has 7 nitrogen and oxygen atoms in total. The Labute approximate surface area is 169 Å². The van der Waals surface area contributed by atoms with E-state index in [9.17, 15) is 14.4 Å². The molecule has 0 bridgehead atoms. The largest absolute Gasteiger partial charge is 0.361 e. The fourth-order valence-electron chi connectivity index (χ4n) is 3.19. The molecule has 0 aliphatic rings. The van der Waals surface area contributed by atoms with Gasteiger partial charge in [-0.1, -0.05) is 24.3 Å². The minimum absolute atomic E-state index is 0.0396. The van der Waals surface area contributed by atoms with Crippen molar-refractivity contribution in [1.82, 2.24) is 9.88 Å². The van der Waals surface area contributed by atoms with Gasteiger partial charge in [-0.3, -0.25) is 14.4 Å². The zero-order valence-electron chi connectivity index (χ0n) is 16.5. The van der Waals surface area contributed by atoms with Crippen molar-refractivity contribution in [2.24, 2.45) is 0 Å². The number of benzene rings is 2. The van der Waals surface area contributed by atoms with Gasteiger partial charge in [0.1, 0.15) is 0 Å². The molecule has 0 radical (unpaired) electrons. The second kappa shape index (κ2) is 9.05. The van der Waals surface area contributed by atoms with E-state index in [1.807, 2.05) is 30.5 Å². The summed E-state index contributed by atoms with van der Waals surface area (Å²) in [6, 6.07) is 14.9. The summed E-state index contributed by atoms with van der Waals surface area (Å²) in [6.45, 7) is 3.28. The van der Waals surface area contributed by atoms with Crippen LogP contribution in [0.2, 0.25) is 0 Å². The Hall–Kier alpha value is -3.61. The van der Waals surface area contributed by atoms with E-state index in [0.29, 0.717) is 24.3 Å². The highest BCUT2D eigenvalue weighted by Gasteiger charge is 2.15. The molecular formula is C22H24N4O3. The number of aromatic nitrogens is 1. The molecule has 1 heterocycles. The maximum atomic E-state index is 12.4. The van der Waals surface area contributed by atoms with Gasteiger partial charge in [0.2, 0.25) is 17.7 Å². The Morgan fingerprint density at radius 1 is 0.966 bits per heavy atom. The molecule has 3 amide bonds. The van der Waals surface area contributed by atoms with Gasteiger partial charge in [0.25, 0.3) is 0 Å². The van der Waals surface area contributed by atoms with E-state index in [0.717, 1.165) is 16.5 Å². The van der Waals surface area contributed by atoms with Crippen LogP contribution in [0.5, 0.6) is 0 Å². The molecule has 0 saturated carbocycles. The molecule has 150 valence electrons. The number of amides is 3. The summed E-state index contributed by atoms with van der Waals surface area (Å²) >= 11 is 0. The van der Waals surface area contributed by atoms with Crippen LogP contribution in [0.3, 0.4) is 0 Å². The van der Waals surface area contributed by atoms with E-state index in [4.69, 9.17) is 0 Å². The Kier molecular flexibility index (Phi) is 6.29. The second-order valence-electron chi connectivity index (χ2n) is 6.86. The first-order valence-electron chi connectivity index (χ1n) is 9.40. The lowest BCUT2D eigenvalue weighted by Crippen LogP contribution is -2.38. The number of carbonyl (C=O) groups excluding carboxylic acids is 3. The Morgan fingerprint density at radius 3 is 2.41 bits per heavy atom. The van der Waals surface area contributed by atoms with Gasteiger partial charge in [-0.2, -0.15) is 0 Å². The van der Waals surface area contributed by atoms with E-state index < -0.39 is 0 Å². The highest BCUT2D eigenvalue weighted by Crippen LogP contribution is 2.18. The maximum absolute atomic E-state index is 12.4. The van der Waals surface area contributed by atoms with Crippen LogP contribution in [0.15, 0.2) is 54.7 Å². The summed E-state index contributed by atoms with van der Waals surface area (Å²) in [7, 11) is 0. The third kappa shape index (κ3) is 5.44. The first kappa shape index (κ1) is 20.1. The minimum Gasteiger partial charge on any atom is -0.361 e. The molecule has 3 aromatic rings. The summed E-state index contributed by atoms with van der Waals surface area (Å²) < 4.78 is 0. The van der Waals surface area contributed by atoms with Gasteiger partial charge in [-0.15, -0.1) is 0 Å². The van der Waals surface area contributed by atoms with Crippen LogP contribution in [-0.2, 0) is 20.8 Å². The van der Waals surface area contributed by atoms with Crippen molar-refractivity contribution >= 4 is 40.0 Å². The van der Waals surface area contributed by atoms with Gasteiger partial charge in [-0.05, 0) is 36.2 Å². The smallest absolute Gasteiger partial charge is 0.243 e. The van der Waals surface area contributed by atoms with Crippen molar-refractivity contribution in [2.45, 2.75) is 20.3 Å². The molecule has 3 N–H and O–H groups in total. The molecule has 0 unspecified atom stereocenters. The van der Waals surface area contributed by atoms with Gasteiger partial charge < -0.3 is 20.5 Å². The molecule has 0 aliphatic carbocycles. The zero-order chi connectivity index (χ0) is 20.8. The van der Waals surface area contributed by atoms with E-state index in [-0.39, 0.29) is 24.3 Å². The molecule has 0 saturated heterocycles. The monoisotopic (exact) mass is 392 g/mol. The molecule has 29 heavy (non-hydrogen) atoms. The maximum Gasteiger partial charge on any atom is 0.243 e. The third-order valence-corrected chi connectivity index (χ3v) is 4.57. The SMILES string of the molecule is CC(=O)Nc1cccc(NC(=O)CN(CCc2c[nH]c3ccccc23)C(C)=O)c1. The highest BCUT2D eigenvalue weighted by molar-refractivity contribution is 5.95. The lowest BCUT2D eigenvalue weighted by atomic mass is 10.1. The average Bonchev–Trinajstić information content (AvgIpc) is 3.08. The van der Waals surface area contributed by atoms with Crippen LogP contribution in [0.4, 0.5) is 11.4 Å². The minimum atomic E-state index is -0.292. The van der Waals surface area contributed by atoms with Crippen molar-refractivity contribution in [2.75, 3.05) is 23.7 Å². The number of hydrogen-bond acceptors (Lipinski definition) is 3. The predicted molar refractivity (Wildman–Crippen MR) is 114 cm³/mol. The van der Waals surface area contributed by atoms with E-state index >= 15 is 0 Å². The molecule has 3 rings (SSSR count). The summed E-state index contributed by atoms with van der Waals surface area (Å²) in [5.41, 5.74) is 3.31. The quantitative estimate of drug-likeness (QED) is 0.576. The fraction of sp³-hybridized carbons (Fsp3) is 0.227. The van der Waals surface area contributed by atoms with Crippen molar-refractivity contribution in [3.05, 3.63) is 60.3 Å². The molecule has 0 spiro atoms. The van der Waals surface area contributed by atoms with Crippen LogP contribution in [0.25, 0.3) is 10.9 Å². The van der Waals surface area contributed by atoms with Crippen LogP contribution < -0.4 is 10.6 Å². The molecule has 2 aromatic carbocycles. The summed E-state index contributed by atoms with van der Waals surface area (Å²) in [5.74, 6) is -0.639. The standard InChI is InChI=1S/C22H24N4O3/c1-15(27)24-18-6-5-7-19(12-18)25-22(29)14-26(16(2)28)11-10-17-13-23-21-9-4-3-8-20(17)21/h3-9,12-13,23H,10-11,14H2,1-2H3,(H,24,27)(H,25,29). The zero-order valence-corrected chi connectivity index (χ0v) is 16.5. The van der Waals surface area contributed by atoms with E-state index in [1.165, 1.54) is 18.7 Å². The van der Waals surface area contributed by atoms with Crippen molar-refractivity contribution < 1.29 is 14.4 Å². The predicted octanol–water partition coefficient (Wildman–Crippen LogP) is 3.16. The van der Waals surface area contributed by atoms with E-state index in [1.54, 1.807) is 24.3 Å². The van der Waals surface area contributed by atoms with Gasteiger partial charge in [0.15, 0.2) is 0 Å². The normalized spacial score (nSPS) is 10.6. The molecule has 0 aliphatic heterocycles.